The van der Waals surface area contributed by atoms with E-state index in [1.807, 2.05) is 19.1 Å². The summed E-state index contributed by atoms with van der Waals surface area (Å²) >= 11 is 6.92. The van der Waals surface area contributed by atoms with Crippen molar-refractivity contribution < 1.29 is 9.84 Å². The molecule has 0 amide bonds. The first kappa shape index (κ1) is 15.0. The van der Waals surface area contributed by atoms with Crippen LogP contribution in [-0.2, 0) is 6.54 Å². The van der Waals surface area contributed by atoms with Crippen molar-refractivity contribution in [3.63, 3.8) is 0 Å². The smallest absolute Gasteiger partial charge is 0.137 e. The van der Waals surface area contributed by atoms with Crippen LogP contribution in [-0.4, -0.2) is 24.9 Å². The highest BCUT2D eigenvalue weighted by Crippen LogP contribution is 2.32. The van der Waals surface area contributed by atoms with E-state index in [-0.39, 0.29) is 12.6 Å². The number of ether oxygens (including phenoxy) is 1. The normalized spacial score (nSPS) is 12.5. The summed E-state index contributed by atoms with van der Waals surface area (Å²) in [5.41, 5.74) is 1.06. The molecule has 0 aliphatic carbocycles. The van der Waals surface area contributed by atoms with Crippen molar-refractivity contribution >= 4 is 31.9 Å². The Bertz CT molecular complexity index is 368. The predicted molar refractivity (Wildman–Crippen MR) is 76.4 cm³/mol. The highest BCUT2D eigenvalue weighted by atomic mass is 79.9. The summed E-state index contributed by atoms with van der Waals surface area (Å²) in [6, 6.07) is 4.09. The fourth-order valence-electron chi connectivity index (χ4n) is 1.57. The second-order valence-electron chi connectivity index (χ2n) is 3.75. The highest BCUT2D eigenvalue weighted by molar-refractivity contribution is 9.11. The van der Waals surface area contributed by atoms with Gasteiger partial charge in [0.15, 0.2) is 0 Å². The van der Waals surface area contributed by atoms with Crippen LogP contribution in [0.25, 0.3) is 0 Å². The third-order valence-electron chi connectivity index (χ3n) is 2.58. The van der Waals surface area contributed by atoms with Crippen LogP contribution in [0.3, 0.4) is 0 Å². The van der Waals surface area contributed by atoms with Gasteiger partial charge in [0.05, 0.1) is 18.2 Å². The summed E-state index contributed by atoms with van der Waals surface area (Å²) in [7, 11) is 1.65. The molecule has 1 rings (SSSR count). The highest BCUT2D eigenvalue weighted by Gasteiger charge is 2.11. The molecule has 0 saturated carbocycles. The third-order valence-corrected chi connectivity index (χ3v) is 3.63. The zero-order valence-electron chi connectivity index (χ0n) is 9.96. The molecular formula is C12H17Br2NO2. The predicted octanol–water partition coefficient (Wildman–Crippen LogP) is 3.08. The van der Waals surface area contributed by atoms with Crippen LogP contribution in [0.5, 0.6) is 5.75 Å². The Labute approximate surface area is 119 Å². The Balaban J connectivity index is 2.82. The summed E-state index contributed by atoms with van der Waals surface area (Å²) in [6.07, 6.45) is 0.897. The molecule has 17 heavy (non-hydrogen) atoms. The van der Waals surface area contributed by atoms with Gasteiger partial charge in [-0.3, -0.25) is 0 Å². The number of halogens is 2. The average Bonchev–Trinajstić information content (AvgIpc) is 2.29. The second-order valence-corrected chi connectivity index (χ2v) is 5.52. The molecule has 0 aliphatic heterocycles. The number of hydrogen-bond acceptors (Lipinski definition) is 3. The molecule has 0 bridgehead atoms. The van der Waals surface area contributed by atoms with Gasteiger partial charge in [-0.15, -0.1) is 0 Å². The van der Waals surface area contributed by atoms with E-state index in [2.05, 4.69) is 37.2 Å². The number of aliphatic hydroxyl groups excluding tert-OH is 1. The monoisotopic (exact) mass is 365 g/mol. The van der Waals surface area contributed by atoms with Crippen molar-refractivity contribution in [2.45, 2.75) is 25.9 Å². The molecule has 5 heteroatoms. The lowest BCUT2D eigenvalue weighted by Crippen LogP contribution is -2.31. The van der Waals surface area contributed by atoms with Crippen LogP contribution in [0, 0.1) is 0 Å². The molecule has 1 aromatic rings. The molecule has 3 nitrogen and oxygen atoms in total. The summed E-state index contributed by atoms with van der Waals surface area (Å²) in [6.45, 7) is 2.86. The molecular weight excluding hydrogens is 350 g/mol. The molecule has 0 radical (unpaired) electrons. The van der Waals surface area contributed by atoms with Gasteiger partial charge in [-0.05, 0) is 34.5 Å². The SMILES string of the molecule is CCC(CO)NCc1cc(Br)cc(Br)c1OC. The van der Waals surface area contributed by atoms with Gasteiger partial charge in [-0.2, -0.15) is 0 Å². The summed E-state index contributed by atoms with van der Waals surface area (Å²) < 4.78 is 7.28. The number of hydrogen-bond donors (Lipinski definition) is 2. The maximum atomic E-state index is 9.13. The van der Waals surface area contributed by atoms with Crippen LogP contribution in [0.15, 0.2) is 21.1 Å². The fourth-order valence-corrected chi connectivity index (χ4v) is 3.04. The number of benzene rings is 1. The lowest BCUT2D eigenvalue weighted by molar-refractivity contribution is 0.238. The number of aliphatic hydroxyl groups is 1. The van der Waals surface area contributed by atoms with Crippen LogP contribution in [0.1, 0.15) is 18.9 Å². The second kappa shape index (κ2) is 7.36. The fraction of sp³-hybridized carbons (Fsp3) is 0.500. The van der Waals surface area contributed by atoms with E-state index in [0.29, 0.717) is 6.54 Å². The van der Waals surface area contributed by atoms with Gasteiger partial charge in [0.2, 0.25) is 0 Å². The molecule has 0 spiro atoms. The summed E-state index contributed by atoms with van der Waals surface area (Å²) in [5.74, 6) is 0.827. The molecule has 2 N–H and O–H groups in total. The Hall–Kier alpha value is -0.100. The molecule has 0 aliphatic rings. The number of nitrogens with one attached hydrogen (secondary N) is 1. The molecule has 96 valence electrons. The van der Waals surface area contributed by atoms with Gasteiger partial charge in [-0.25, -0.2) is 0 Å². The molecule has 0 heterocycles. The molecule has 1 aromatic carbocycles. The Morgan fingerprint density at radius 1 is 1.41 bits per heavy atom. The van der Waals surface area contributed by atoms with Crippen molar-refractivity contribution in [3.05, 3.63) is 26.6 Å². The van der Waals surface area contributed by atoms with E-state index < -0.39 is 0 Å². The van der Waals surface area contributed by atoms with Crippen molar-refractivity contribution in [1.82, 2.24) is 5.32 Å². The van der Waals surface area contributed by atoms with Gasteiger partial charge in [0, 0.05) is 22.6 Å². The lowest BCUT2D eigenvalue weighted by Gasteiger charge is -2.16. The average molecular weight is 367 g/mol. The van der Waals surface area contributed by atoms with Gasteiger partial charge < -0.3 is 15.2 Å². The standard InChI is InChI=1S/C12H17Br2NO2/c1-3-10(7-16)15-6-8-4-9(13)5-11(14)12(8)17-2/h4-5,10,15-16H,3,6-7H2,1-2H3. The molecule has 0 aromatic heterocycles. The molecule has 0 saturated heterocycles. The summed E-state index contributed by atoms with van der Waals surface area (Å²) in [4.78, 5) is 0. The number of methoxy groups -OCH3 is 1. The zero-order valence-corrected chi connectivity index (χ0v) is 13.1. The maximum absolute atomic E-state index is 9.13. The van der Waals surface area contributed by atoms with E-state index in [1.54, 1.807) is 7.11 Å². The van der Waals surface area contributed by atoms with Crippen LogP contribution >= 0.6 is 31.9 Å². The van der Waals surface area contributed by atoms with Crippen molar-refractivity contribution in [1.29, 1.82) is 0 Å². The number of rotatable bonds is 6. The van der Waals surface area contributed by atoms with E-state index in [0.717, 1.165) is 26.7 Å². The summed E-state index contributed by atoms with van der Waals surface area (Å²) in [5, 5.41) is 12.4. The van der Waals surface area contributed by atoms with Gasteiger partial charge in [0.25, 0.3) is 0 Å². The topological polar surface area (TPSA) is 41.5 Å². The minimum atomic E-state index is 0.123. The largest absolute Gasteiger partial charge is 0.495 e. The van der Waals surface area contributed by atoms with Gasteiger partial charge >= 0.3 is 0 Å². The van der Waals surface area contributed by atoms with Gasteiger partial charge in [-0.1, -0.05) is 22.9 Å². The van der Waals surface area contributed by atoms with E-state index in [4.69, 9.17) is 9.84 Å². The van der Waals surface area contributed by atoms with E-state index in [1.165, 1.54) is 0 Å². The molecule has 0 fully saturated rings. The molecule has 1 atom stereocenters. The first-order chi connectivity index (χ1) is 8.12. The van der Waals surface area contributed by atoms with E-state index in [9.17, 15) is 0 Å². The first-order valence-corrected chi connectivity index (χ1v) is 7.07. The Morgan fingerprint density at radius 2 is 2.12 bits per heavy atom. The maximum Gasteiger partial charge on any atom is 0.137 e. The van der Waals surface area contributed by atoms with Crippen LogP contribution in [0.2, 0.25) is 0 Å². The first-order valence-electron chi connectivity index (χ1n) is 5.48. The third kappa shape index (κ3) is 4.25. The minimum absolute atomic E-state index is 0.123. The van der Waals surface area contributed by atoms with Crippen molar-refractivity contribution in [3.8, 4) is 5.75 Å². The van der Waals surface area contributed by atoms with Crippen LogP contribution in [0.4, 0.5) is 0 Å². The molecule has 1 unspecified atom stereocenters. The Morgan fingerprint density at radius 3 is 2.65 bits per heavy atom. The van der Waals surface area contributed by atoms with Crippen LogP contribution < -0.4 is 10.1 Å². The van der Waals surface area contributed by atoms with E-state index >= 15 is 0 Å². The minimum Gasteiger partial charge on any atom is -0.495 e. The Kier molecular flexibility index (Phi) is 6.48. The van der Waals surface area contributed by atoms with Gasteiger partial charge in [0.1, 0.15) is 5.75 Å². The lowest BCUT2D eigenvalue weighted by atomic mass is 10.1. The van der Waals surface area contributed by atoms with Crippen molar-refractivity contribution in [2.75, 3.05) is 13.7 Å². The quantitative estimate of drug-likeness (QED) is 0.812. The van der Waals surface area contributed by atoms with Crippen molar-refractivity contribution in [2.24, 2.45) is 0 Å². The zero-order chi connectivity index (χ0) is 12.8.